The summed E-state index contributed by atoms with van der Waals surface area (Å²) < 4.78 is 5.42. The summed E-state index contributed by atoms with van der Waals surface area (Å²) in [7, 11) is 0. The van der Waals surface area contributed by atoms with Crippen molar-refractivity contribution in [3.63, 3.8) is 0 Å². The Bertz CT molecular complexity index is 580. The number of nitro groups is 1. The number of hydrogen-bond donors (Lipinski definition) is 0. The predicted molar refractivity (Wildman–Crippen MR) is 87.7 cm³/mol. The van der Waals surface area contributed by atoms with E-state index in [0.717, 1.165) is 5.69 Å². The fourth-order valence-corrected chi connectivity index (χ4v) is 2.57. The average molecular weight is 321 g/mol. The first kappa shape index (κ1) is 17.1. The third kappa shape index (κ3) is 4.34. The summed E-state index contributed by atoms with van der Waals surface area (Å²) in [6.45, 7) is 9.42. The third-order valence-electron chi connectivity index (χ3n) is 3.68. The Morgan fingerprint density at radius 3 is 2.35 bits per heavy atom. The van der Waals surface area contributed by atoms with Crippen molar-refractivity contribution in [1.82, 2.24) is 4.90 Å². The summed E-state index contributed by atoms with van der Waals surface area (Å²) in [5, 5.41) is 10.7. The summed E-state index contributed by atoms with van der Waals surface area (Å²) in [5.41, 5.74) is 0.493. The lowest BCUT2D eigenvalue weighted by Gasteiger charge is -2.41. The summed E-state index contributed by atoms with van der Waals surface area (Å²) >= 11 is 0. The zero-order valence-corrected chi connectivity index (χ0v) is 14.0. The van der Waals surface area contributed by atoms with Crippen molar-refractivity contribution in [2.75, 3.05) is 24.5 Å². The molecular weight excluding hydrogens is 298 g/mol. The number of benzene rings is 1. The van der Waals surface area contributed by atoms with Gasteiger partial charge in [0.1, 0.15) is 5.60 Å². The van der Waals surface area contributed by atoms with E-state index in [1.807, 2.05) is 27.7 Å². The van der Waals surface area contributed by atoms with Crippen LogP contribution in [0.25, 0.3) is 0 Å². The van der Waals surface area contributed by atoms with Gasteiger partial charge in [-0.2, -0.15) is 0 Å². The van der Waals surface area contributed by atoms with Crippen LogP contribution < -0.4 is 4.90 Å². The molecule has 7 heteroatoms. The van der Waals surface area contributed by atoms with Gasteiger partial charge in [-0.1, -0.05) is 0 Å². The van der Waals surface area contributed by atoms with Crippen LogP contribution in [0.4, 0.5) is 16.2 Å². The second-order valence-corrected chi connectivity index (χ2v) is 6.74. The molecule has 1 aromatic carbocycles. The molecule has 0 N–H and O–H groups in total. The summed E-state index contributed by atoms with van der Waals surface area (Å²) in [5.74, 6) is 0. The molecule has 1 saturated heterocycles. The van der Waals surface area contributed by atoms with E-state index in [-0.39, 0.29) is 17.8 Å². The highest BCUT2D eigenvalue weighted by Crippen LogP contribution is 2.23. The van der Waals surface area contributed by atoms with E-state index in [0.29, 0.717) is 19.6 Å². The Morgan fingerprint density at radius 2 is 1.87 bits per heavy atom. The maximum Gasteiger partial charge on any atom is 0.410 e. The largest absolute Gasteiger partial charge is 0.444 e. The lowest BCUT2D eigenvalue weighted by atomic mass is 10.1. The van der Waals surface area contributed by atoms with Gasteiger partial charge in [-0.3, -0.25) is 10.1 Å². The van der Waals surface area contributed by atoms with Crippen LogP contribution in [0.2, 0.25) is 0 Å². The van der Waals surface area contributed by atoms with Gasteiger partial charge in [-0.05, 0) is 39.8 Å². The lowest BCUT2D eigenvalue weighted by molar-refractivity contribution is -0.384. The maximum absolute atomic E-state index is 12.2. The first-order valence-electron chi connectivity index (χ1n) is 7.66. The minimum atomic E-state index is -0.508. The van der Waals surface area contributed by atoms with Gasteiger partial charge in [0, 0.05) is 43.5 Å². The highest BCUT2D eigenvalue weighted by Gasteiger charge is 2.30. The highest BCUT2D eigenvalue weighted by atomic mass is 16.6. The molecule has 7 nitrogen and oxygen atoms in total. The van der Waals surface area contributed by atoms with Crippen LogP contribution in [-0.2, 0) is 4.74 Å². The Kier molecular flexibility index (Phi) is 4.77. The molecule has 0 spiro atoms. The molecule has 1 amide bonds. The number of carbonyl (C=O) groups is 1. The lowest BCUT2D eigenvalue weighted by Crippen LogP contribution is -2.55. The molecule has 0 aromatic heterocycles. The fraction of sp³-hybridized carbons (Fsp3) is 0.562. The molecule has 0 radical (unpaired) electrons. The number of rotatable bonds is 2. The quantitative estimate of drug-likeness (QED) is 0.618. The number of ether oxygens (including phenoxy) is 1. The number of amides is 1. The topological polar surface area (TPSA) is 75.9 Å². The molecular formula is C16H23N3O4. The Labute approximate surface area is 136 Å². The van der Waals surface area contributed by atoms with Crippen LogP contribution in [0, 0.1) is 10.1 Å². The van der Waals surface area contributed by atoms with Crippen molar-refractivity contribution in [3.05, 3.63) is 34.4 Å². The Balaban J connectivity index is 2.00. The molecule has 1 heterocycles. The van der Waals surface area contributed by atoms with E-state index in [2.05, 4.69) is 4.90 Å². The molecule has 23 heavy (non-hydrogen) atoms. The first-order valence-corrected chi connectivity index (χ1v) is 7.66. The summed E-state index contributed by atoms with van der Waals surface area (Å²) in [6, 6.07) is 6.50. The fourth-order valence-electron chi connectivity index (χ4n) is 2.57. The van der Waals surface area contributed by atoms with E-state index >= 15 is 0 Å². The summed E-state index contributed by atoms with van der Waals surface area (Å²) in [6.07, 6.45) is -0.298. The van der Waals surface area contributed by atoms with Crippen molar-refractivity contribution in [2.45, 2.75) is 39.3 Å². The van der Waals surface area contributed by atoms with Crippen LogP contribution in [0.5, 0.6) is 0 Å². The number of hydrogen-bond acceptors (Lipinski definition) is 5. The number of nitrogens with zero attached hydrogens (tertiary/aromatic N) is 3. The molecule has 0 saturated carbocycles. The van der Waals surface area contributed by atoms with Gasteiger partial charge in [0.25, 0.3) is 5.69 Å². The first-order chi connectivity index (χ1) is 10.7. The van der Waals surface area contributed by atoms with Gasteiger partial charge >= 0.3 is 6.09 Å². The van der Waals surface area contributed by atoms with Crippen LogP contribution in [0.1, 0.15) is 27.7 Å². The summed E-state index contributed by atoms with van der Waals surface area (Å²) in [4.78, 5) is 26.3. The number of piperazine rings is 1. The van der Waals surface area contributed by atoms with Crippen LogP contribution in [0.15, 0.2) is 24.3 Å². The average Bonchev–Trinajstić information content (AvgIpc) is 2.45. The van der Waals surface area contributed by atoms with E-state index in [1.165, 1.54) is 12.1 Å². The second kappa shape index (κ2) is 6.44. The van der Waals surface area contributed by atoms with Crippen molar-refractivity contribution in [1.29, 1.82) is 0 Å². The monoisotopic (exact) mass is 321 g/mol. The van der Waals surface area contributed by atoms with Gasteiger partial charge in [0.15, 0.2) is 0 Å². The molecule has 0 bridgehead atoms. The van der Waals surface area contributed by atoms with E-state index in [1.54, 1.807) is 17.0 Å². The molecule has 2 rings (SSSR count). The number of carbonyl (C=O) groups excluding carboxylic acids is 1. The number of anilines is 1. The molecule has 0 aliphatic carbocycles. The van der Waals surface area contributed by atoms with Crippen LogP contribution in [-0.4, -0.2) is 47.2 Å². The van der Waals surface area contributed by atoms with Gasteiger partial charge in [0.2, 0.25) is 0 Å². The Morgan fingerprint density at radius 1 is 1.26 bits per heavy atom. The predicted octanol–water partition coefficient (Wildman–Crippen LogP) is 3.04. The van der Waals surface area contributed by atoms with Gasteiger partial charge in [-0.15, -0.1) is 0 Å². The van der Waals surface area contributed by atoms with Crippen molar-refractivity contribution in [2.24, 2.45) is 0 Å². The smallest absolute Gasteiger partial charge is 0.410 e. The molecule has 0 unspecified atom stereocenters. The molecule has 1 aromatic rings. The molecule has 1 aliphatic heterocycles. The van der Waals surface area contributed by atoms with Crippen molar-refractivity contribution in [3.8, 4) is 0 Å². The molecule has 126 valence electrons. The normalized spacial score (nSPS) is 18.7. The zero-order valence-electron chi connectivity index (χ0n) is 14.0. The third-order valence-corrected chi connectivity index (χ3v) is 3.68. The van der Waals surface area contributed by atoms with Crippen molar-refractivity contribution >= 4 is 17.5 Å². The van der Waals surface area contributed by atoms with Crippen molar-refractivity contribution < 1.29 is 14.5 Å². The number of nitro benzene ring substituents is 1. The molecule has 1 fully saturated rings. The minimum absolute atomic E-state index is 0.00814. The van der Waals surface area contributed by atoms with E-state index in [4.69, 9.17) is 4.74 Å². The Hall–Kier alpha value is -2.31. The molecule has 1 atom stereocenters. The minimum Gasteiger partial charge on any atom is -0.444 e. The zero-order chi connectivity index (χ0) is 17.2. The van der Waals surface area contributed by atoms with Gasteiger partial charge < -0.3 is 14.5 Å². The van der Waals surface area contributed by atoms with Gasteiger partial charge in [-0.25, -0.2) is 4.79 Å². The maximum atomic E-state index is 12.2. The SMILES string of the molecule is C[C@H]1CN(c2ccc([N+](=O)[O-])cc2)CCN1C(=O)OC(C)(C)C. The highest BCUT2D eigenvalue weighted by molar-refractivity contribution is 5.69. The molecule has 1 aliphatic rings. The second-order valence-electron chi connectivity index (χ2n) is 6.74. The standard InChI is InChI=1S/C16H23N3O4/c1-12-11-17(13-5-7-14(8-6-13)19(21)22)9-10-18(12)15(20)23-16(2,3)4/h5-8,12H,9-11H2,1-4H3/t12-/m0/s1. The van der Waals surface area contributed by atoms with Gasteiger partial charge in [0.05, 0.1) is 4.92 Å². The van der Waals surface area contributed by atoms with E-state index in [9.17, 15) is 14.9 Å². The van der Waals surface area contributed by atoms with E-state index < -0.39 is 10.5 Å². The van der Waals surface area contributed by atoms with Crippen LogP contribution >= 0.6 is 0 Å². The van der Waals surface area contributed by atoms with Crippen LogP contribution in [0.3, 0.4) is 0 Å². The number of non-ortho nitro benzene ring substituents is 1.